The third-order valence-electron chi connectivity index (χ3n) is 2.41. The van der Waals surface area contributed by atoms with Crippen LogP contribution in [0.2, 0.25) is 5.02 Å². The van der Waals surface area contributed by atoms with Crippen molar-refractivity contribution in [2.75, 3.05) is 7.11 Å². The highest BCUT2D eigenvalue weighted by Gasteiger charge is 2.10. The molecule has 2 rings (SSSR count). The van der Waals surface area contributed by atoms with E-state index in [1.54, 1.807) is 31.4 Å². The lowest BCUT2D eigenvalue weighted by molar-refractivity contribution is -0.384. The van der Waals surface area contributed by atoms with E-state index >= 15 is 0 Å². The fourth-order valence-electron chi connectivity index (χ4n) is 1.46. The maximum Gasteiger partial charge on any atom is 0.271 e. The number of nitrogens with zero attached hydrogens (tertiary/aromatic N) is 1. The molecule has 0 saturated carbocycles. The summed E-state index contributed by atoms with van der Waals surface area (Å²) in [6.45, 7) is 0. The highest BCUT2D eigenvalue weighted by Crippen LogP contribution is 2.32. The van der Waals surface area contributed by atoms with E-state index in [0.29, 0.717) is 17.2 Å². The van der Waals surface area contributed by atoms with Gasteiger partial charge >= 0.3 is 0 Å². The van der Waals surface area contributed by atoms with E-state index in [0.717, 1.165) is 0 Å². The molecule has 0 bridgehead atoms. The van der Waals surface area contributed by atoms with Crippen molar-refractivity contribution in [2.24, 2.45) is 0 Å². The molecule has 0 saturated heterocycles. The lowest BCUT2D eigenvalue weighted by atomic mass is 10.3. The fraction of sp³-hybridized carbons (Fsp3) is 0.0769. The second-order valence-corrected chi connectivity index (χ2v) is 4.06. The molecule has 0 aromatic heterocycles. The van der Waals surface area contributed by atoms with Crippen LogP contribution in [0.1, 0.15) is 0 Å². The molecule has 6 heteroatoms. The first kappa shape index (κ1) is 13.2. The number of halogens is 1. The van der Waals surface area contributed by atoms with E-state index < -0.39 is 4.92 Å². The molecular weight excluding hydrogens is 270 g/mol. The molecule has 0 aliphatic rings. The minimum atomic E-state index is -0.511. The van der Waals surface area contributed by atoms with Gasteiger partial charge in [-0.3, -0.25) is 10.1 Å². The Hall–Kier alpha value is -2.27. The zero-order chi connectivity index (χ0) is 13.8. The van der Waals surface area contributed by atoms with Crippen molar-refractivity contribution in [3.05, 3.63) is 57.6 Å². The quantitative estimate of drug-likeness (QED) is 0.626. The van der Waals surface area contributed by atoms with E-state index in [-0.39, 0.29) is 10.7 Å². The normalized spacial score (nSPS) is 10.0. The topological polar surface area (TPSA) is 61.6 Å². The number of ether oxygens (including phenoxy) is 2. The third-order valence-corrected chi connectivity index (χ3v) is 2.71. The van der Waals surface area contributed by atoms with Gasteiger partial charge in [-0.15, -0.1) is 0 Å². The van der Waals surface area contributed by atoms with Gasteiger partial charge in [-0.05, 0) is 30.3 Å². The first-order valence-corrected chi connectivity index (χ1v) is 5.74. The molecule has 0 radical (unpaired) electrons. The molecule has 0 amide bonds. The highest BCUT2D eigenvalue weighted by atomic mass is 35.5. The molecule has 5 nitrogen and oxygen atoms in total. The van der Waals surface area contributed by atoms with Crippen LogP contribution in [0.25, 0.3) is 0 Å². The summed E-state index contributed by atoms with van der Waals surface area (Å²) < 4.78 is 10.6. The van der Waals surface area contributed by atoms with Gasteiger partial charge in [-0.25, -0.2) is 0 Å². The van der Waals surface area contributed by atoms with Gasteiger partial charge in [0.2, 0.25) is 0 Å². The van der Waals surface area contributed by atoms with Crippen LogP contribution in [0, 0.1) is 10.1 Å². The third kappa shape index (κ3) is 3.14. The van der Waals surface area contributed by atoms with Crippen molar-refractivity contribution >= 4 is 17.3 Å². The Balaban J connectivity index is 2.20. The molecule has 0 heterocycles. The van der Waals surface area contributed by atoms with Gasteiger partial charge in [0.15, 0.2) is 0 Å². The number of nitro benzene ring substituents is 1. The van der Waals surface area contributed by atoms with Crippen molar-refractivity contribution in [3.63, 3.8) is 0 Å². The van der Waals surface area contributed by atoms with Crippen LogP contribution >= 0.6 is 11.6 Å². The van der Waals surface area contributed by atoms with Crippen LogP contribution in [0.3, 0.4) is 0 Å². The van der Waals surface area contributed by atoms with Gasteiger partial charge in [-0.1, -0.05) is 11.6 Å². The predicted molar refractivity (Wildman–Crippen MR) is 71.2 cm³/mol. The molecule has 0 atom stereocenters. The van der Waals surface area contributed by atoms with Crippen molar-refractivity contribution in [2.45, 2.75) is 0 Å². The van der Waals surface area contributed by atoms with Crippen molar-refractivity contribution in [1.29, 1.82) is 0 Å². The van der Waals surface area contributed by atoms with Crippen molar-refractivity contribution in [3.8, 4) is 17.2 Å². The zero-order valence-corrected chi connectivity index (χ0v) is 10.8. The van der Waals surface area contributed by atoms with Gasteiger partial charge in [0.05, 0.1) is 17.1 Å². The lowest BCUT2D eigenvalue weighted by Crippen LogP contribution is -1.90. The first-order chi connectivity index (χ1) is 9.10. The van der Waals surface area contributed by atoms with Crippen molar-refractivity contribution < 1.29 is 14.4 Å². The van der Waals surface area contributed by atoms with E-state index in [1.807, 2.05) is 0 Å². The summed E-state index contributed by atoms with van der Waals surface area (Å²) >= 11 is 5.93. The van der Waals surface area contributed by atoms with Gasteiger partial charge in [0.1, 0.15) is 17.2 Å². The van der Waals surface area contributed by atoms with Crippen LogP contribution in [0.4, 0.5) is 5.69 Å². The van der Waals surface area contributed by atoms with E-state index in [9.17, 15) is 10.1 Å². The number of nitro groups is 1. The van der Waals surface area contributed by atoms with Crippen molar-refractivity contribution in [1.82, 2.24) is 0 Å². The van der Waals surface area contributed by atoms with Crippen LogP contribution < -0.4 is 9.47 Å². The van der Waals surface area contributed by atoms with Gasteiger partial charge in [0, 0.05) is 12.1 Å². The van der Waals surface area contributed by atoms with E-state index in [4.69, 9.17) is 21.1 Å². The maximum absolute atomic E-state index is 10.6. The van der Waals surface area contributed by atoms with E-state index in [1.165, 1.54) is 18.2 Å². The monoisotopic (exact) mass is 279 g/mol. The summed E-state index contributed by atoms with van der Waals surface area (Å²) in [5, 5.41) is 10.8. The minimum absolute atomic E-state index is 0.0768. The first-order valence-electron chi connectivity index (χ1n) is 5.36. The molecular formula is C13H10ClNO4. The Morgan fingerprint density at radius 1 is 1.11 bits per heavy atom. The summed E-state index contributed by atoms with van der Waals surface area (Å²) in [6.07, 6.45) is 0. The smallest absolute Gasteiger partial charge is 0.271 e. The Morgan fingerprint density at radius 3 is 2.26 bits per heavy atom. The largest absolute Gasteiger partial charge is 0.497 e. The number of hydrogen-bond acceptors (Lipinski definition) is 4. The molecule has 19 heavy (non-hydrogen) atoms. The Kier molecular flexibility index (Phi) is 3.87. The molecule has 2 aromatic carbocycles. The van der Waals surface area contributed by atoms with Gasteiger partial charge in [-0.2, -0.15) is 0 Å². The zero-order valence-electron chi connectivity index (χ0n) is 10.00. The molecule has 0 fully saturated rings. The average molecular weight is 280 g/mol. The molecule has 0 aliphatic heterocycles. The summed E-state index contributed by atoms with van der Waals surface area (Å²) in [5.74, 6) is 1.64. The fourth-order valence-corrected chi connectivity index (χ4v) is 1.67. The molecule has 2 aromatic rings. The lowest BCUT2D eigenvalue weighted by Gasteiger charge is -2.08. The number of benzene rings is 2. The average Bonchev–Trinajstić information content (AvgIpc) is 2.41. The Bertz CT molecular complexity index is 598. The second-order valence-electron chi connectivity index (χ2n) is 3.65. The molecule has 0 N–H and O–H groups in total. The standard InChI is InChI=1S/C13H10ClNO4/c1-18-10-3-5-11(6-4-10)19-13-7-2-9(15(16)17)8-12(13)14/h2-8H,1H3. The second kappa shape index (κ2) is 5.58. The summed E-state index contributed by atoms with van der Waals surface area (Å²) in [4.78, 5) is 10.1. The summed E-state index contributed by atoms with van der Waals surface area (Å²) in [5.41, 5.74) is -0.0768. The van der Waals surface area contributed by atoms with Crippen LogP contribution in [-0.2, 0) is 0 Å². The van der Waals surface area contributed by atoms with Crippen LogP contribution in [0.15, 0.2) is 42.5 Å². The number of methoxy groups -OCH3 is 1. The summed E-state index contributed by atoms with van der Waals surface area (Å²) in [7, 11) is 1.57. The SMILES string of the molecule is COc1ccc(Oc2ccc([N+](=O)[O-])cc2Cl)cc1. The maximum atomic E-state index is 10.6. The van der Waals surface area contributed by atoms with Gasteiger partial charge < -0.3 is 9.47 Å². The van der Waals surface area contributed by atoms with Crippen LogP contribution in [-0.4, -0.2) is 12.0 Å². The Labute approximate surface area is 114 Å². The highest BCUT2D eigenvalue weighted by molar-refractivity contribution is 6.32. The van der Waals surface area contributed by atoms with E-state index in [2.05, 4.69) is 0 Å². The molecule has 0 aliphatic carbocycles. The molecule has 0 spiro atoms. The number of hydrogen-bond donors (Lipinski definition) is 0. The Morgan fingerprint density at radius 2 is 1.74 bits per heavy atom. The number of non-ortho nitro benzene ring substituents is 1. The molecule has 98 valence electrons. The predicted octanol–water partition coefficient (Wildman–Crippen LogP) is 4.05. The molecule has 0 unspecified atom stereocenters. The minimum Gasteiger partial charge on any atom is -0.497 e. The van der Waals surface area contributed by atoms with Crippen LogP contribution in [0.5, 0.6) is 17.2 Å². The van der Waals surface area contributed by atoms with Gasteiger partial charge in [0.25, 0.3) is 5.69 Å². The summed E-state index contributed by atoms with van der Waals surface area (Å²) in [6, 6.07) is 11.0. The number of rotatable bonds is 4.